The summed E-state index contributed by atoms with van der Waals surface area (Å²) in [5.74, 6) is 0. The molecule has 2 nitrogen and oxygen atoms in total. The summed E-state index contributed by atoms with van der Waals surface area (Å²) in [6.07, 6.45) is 7.97. The summed E-state index contributed by atoms with van der Waals surface area (Å²) in [7, 11) is 4.54. The molecular weight excluding hydrogens is 264 g/mol. The molecule has 1 N–H and O–H groups in total. The van der Waals surface area contributed by atoms with Crippen LogP contribution in [0.3, 0.4) is 0 Å². The molecule has 1 heterocycles. The minimum absolute atomic E-state index is 0.296. The van der Waals surface area contributed by atoms with E-state index < -0.39 is 0 Å². The summed E-state index contributed by atoms with van der Waals surface area (Å²) in [5.41, 5.74) is 0.296. The summed E-state index contributed by atoms with van der Waals surface area (Å²) < 4.78 is 0. The van der Waals surface area contributed by atoms with Gasteiger partial charge in [-0.3, -0.25) is 0 Å². The highest BCUT2D eigenvalue weighted by molar-refractivity contribution is 7.12. The predicted octanol–water partition coefficient (Wildman–Crippen LogP) is 4.36. The van der Waals surface area contributed by atoms with Crippen LogP contribution in [-0.2, 0) is 0 Å². The molecule has 0 radical (unpaired) electrons. The molecule has 1 aliphatic rings. The van der Waals surface area contributed by atoms with E-state index in [9.17, 15) is 0 Å². The fraction of sp³-hybridized carbons (Fsp3) is 0.765. The lowest BCUT2D eigenvalue weighted by molar-refractivity contribution is 0.0577. The van der Waals surface area contributed by atoms with Crippen molar-refractivity contribution < 1.29 is 0 Å². The van der Waals surface area contributed by atoms with Gasteiger partial charge in [0.1, 0.15) is 0 Å². The average Bonchev–Trinajstić information content (AvgIpc) is 2.86. The molecule has 1 atom stereocenters. The third-order valence-corrected chi connectivity index (χ3v) is 5.86. The molecule has 1 aromatic rings. The Hall–Kier alpha value is -0.380. The first-order valence-electron chi connectivity index (χ1n) is 8.07. The number of rotatable bonds is 6. The van der Waals surface area contributed by atoms with Crippen LogP contribution in [0, 0.1) is 6.92 Å². The van der Waals surface area contributed by atoms with E-state index in [1.807, 2.05) is 11.3 Å². The molecule has 0 spiro atoms. The molecule has 20 heavy (non-hydrogen) atoms. The lowest BCUT2D eigenvalue weighted by atomic mass is 9.74. The maximum atomic E-state index is 3.86. The van der Waals surface area contributed by atoms with Gasteiger partial charge >= 0.3 is 0 Å². The lowest BCUT2D eigenvalue weighted by Crippen LogP contribution is -2.54. The fourth-order valence-electron chi connectivity index (χ4n) is 3.61. The van der Waals surface area contributed by atoms with Gasteiger partial charge in [-0.15, -0.1) is 11.3 Å². The molecule has 0 saturated heterocycles. The van der Waals surface area contributed by atoms with Gasteiger partial charge < -0.3 is 10.2 Å². The first kappa shape index (κ1) is 16.0. The maximum Gasteiger partial charge on any atom is 0.0601 e. The Balaban J connectivity index is 2.31. The van der Waals surface area contributed by atoms with Crippen molar-refractivity contribution in [3.8, 4) is 0 Å². The van der Waals surface area contributed by atoms with Crippen LogP contribution in [0.25, 0.3) is 0 Å². The second-order valence-electron chi connectivity index (χ2n) is 6.39. The van der Waals surface area contributed by atoms with Crippen LogP contribution in [0.2, 0.25) is 0 Å². The van der Waals surface area contributed by atoms with Crippen LogP contribution in [0.5, 0.6) is 0 Å². The first-order valence-corrected chi connectivity index (χ1v) is 8.89. The van der Waals surface area contributed by atoms with E-state index >= 15 is 0 Å². The van der Waals surface area contributed by atoms with E-state index in [0.29, 0.717) is 11.6 Å². The van der Waals surface area contributed by atoms with Gasteiger partial charge in [0, 0.05) is 15.3 Å². The standard InChI is InChI=1S/C17H30N2S/c1-5-13-18-16(15-10-9-14(2)20-15)17(19(3)4)11-7-6-8-12-17/h9-10,16,18H,5-8,11-13H2,1-4H3. The Kier molecular flexibility index (Phi) is 5.65. The normalized spacial score (nSPS) is 20.2. The zero-order valence-electron chi connectivity index (χ0n) is 13.5. The zero-order chi connectivity index (χ0) is 14.6. The van der Waals surface area contributed by atoms with Crippen molar-refractivity contribution in [2.75, 3.05) is 20.6 Å². The van der Waals surface area contributed by atoms with Gasteiger partial charge in [-0.05, 0) is 59.0 Å². The van der Waals surface area contributed by atoms with Gasteiger partial charge in [-0.1, -0.05) is 26.2 Å². The third kappa shape index (κ3) is 3.26. The van der Waals surface area contributed by atoms with Crippen molar-refractivity contribution in [3.05, 3.63) is 21.9 Å². The Morgan fingerprint density at radius 2 is 1.95 bits per heavy atom. The Morgan fingerprint density at radius 1 is 1.25 bits per heavy atom. The Labute approximate surface area is 128 Å². The van der Waals surface area contributed by atoms with Gasteiger partial charge in [0.2, 0.25) is 0 Å². The SMILES string of the molecule is CCCNC(c1ccc(C)s1)C1(N(C)C)CCCCC1. The highest BCUT2D eigenvalue weighted by atomic mass is 32.1. The first-order chi connectivity index (χ1) is 9.60. The van der Waals surface area contributed by atoms with Gasteiger partial charge in [0.25, 0.3) is 0 Å². The summed E-state index contributed by atoms with van der Waals surface area (Å²) in [6.45, 7) is 5.58. The smallest absolute Gasteiger partial charge is 0.0601 e. The van der Waals surface area contributed by atoms with Crippen molar-refractivity contribution in [2.45, 2.75) is 64.0 Å². The molecular formula is C17H30N2S. The Bertz CT molecular complexity index is 405. The van der Waals surface area contributed by atoms with Gasteiger partial charge in [-0.25, -0.2) is 0 Å². The minimum Gasteiger partial charge on any atom is -0.308 e. The fourth-order valence-corrected chi connectivity index (χ4v) is 4.68. The number of hydrogen-bond donors (Lipinski definition) is 1. The zero-order valence-corrected chi connectivity index (χ0v) is 14.4. The third-order valence-electron chi connectivity index (χ3n) is 4.79. The van der Waals surface area contributed by atoms with Crippen molar-refractivity contribution in [1.82, 2.24) is 10.2 Å². The van der Waals surface area contributed by atoms with Crippen molar-refractivity contribution in [2.24, 2.45) is 0 Å². The summed E-state index contributed by atoms with van der Waals surface area (Å²) in [4.78, 5) is 5.44. The Morgan fingerprint density at radius 3 is 2.45 bits per heavy atom. The van der Waals surface area contributed by atoms with Crippen molar-refractivity contribution in [1.29, 1.82) is 0 Å². The van der Waals surface area contributed by atoms with Crippen LogP contribution < -0.4 is 5.32 Å². The number of nitrogens with zero attached hydrogens (tertiary/aromatic N) is 1. The molecule has 1 aliphatic carbocycles. The van der Waals surface area contributed by atoms with Gasteiger partial charge in [0.05, 0.1) is 6.04 Å². The molecule has 0 aliphatic heterocycles. The predicted molar refractivity (Wildman–Crippen MR) is 89.6 cm³/mol. The van der Waals surface area contributed by atoms with E-state index in [0.717, 1.165) is 6.54 Å². The number of hydrogen-bond acceptors (Lipinski definition) is 3. The average molecular weight is 295 g/mol. The van der Waals surface area contributed by atoms with Crippen LogP contribution in [0.1, 0.15) is 61.2 Å². The van der Waals surface area contributed by atoms with Crippen LogP contribution in [0.15, 0.2) is 12.1 Å². The quantitative estimate of drug-likeness (QED) is 0.838. The van der Waals surface area contributed by atoms with Crippen molar-refractivity contribution in [3.63, 3.8) is 0 Å². The van der Waals surface area contributed by atoms with E-state index in [1.165, 1.54) is 48.3 Å². The molecule has 3 heteroatoms. The lowest BCUT2D eigenvalue weighted by Gasteiger charge is -2.48. The highest BCUT2D eigenvalue weighted by Crippen LogP contribution is 2.43. The molecule has 114 valence electrons. The monoisotopic (exact) mass is 294 g/mol. The number of aryl methyl sites for hydroxylation is 1. The van der Waals surface area contributed by atoms with E-state index in [1.54, 1.807) is 0 Å². The minimum atomic E-state index is 0.296. The second-order valence-corrected chi connectivity index (χ2v) is 7.71. The second kappa shape index (κ2) is 7.06. The molecule has 1 fully saturated rings. The molecule has 0 amide bonds. The largest absolute Gasteiger partial charge is 0.308 e. The summed E-state index contributed by atoms with van der Waals surface area (Å²) >= 11 is 1.97. The van der Waals surface area contributed by atoms with Gasteiger partial charge in [0.15, 0.2) is 0 Å². The topological polar surface area (TPSA) is 15.3 Å². The molecule has 1 saturated carbocycles. The number of thiophene rings is 1. The van der Waals surface area contributed by atoms with Crippen LogP contribution in [-0.4, -0.2) is 31.1 Å². The molecule has 0 aromatic carbocycles. The molecule has 2 rings (SSSR count). The highest BCUT2D eigenvalue weighted by Gasteiger charge is 2.42. The van der Waals surface area contributed by atoms with Crippen LogP contribution >= 0.6 is 11.3 Å². The summed E-state index contributed by atoms with van der Waals surface area (Å²) in [6, 6.07) is 5.09. The number of likely N-dealkylation sites (N-methyl/N-ethyl adjacent to an activating group) is 1. The molecule has 1 unspecified atom stereocenters. The summed E-state index contributed by atoms with van der Waals surface area (Å²) in [5, 5.41) is 3.86. The molecule has 1 aromatic heterocycles. The van der Waals surface area contributed by atoms with Crippen LogP contribution in [0.4, 0.5) is 0 Å². The van der Waals surface area contributed by atoms with E-state index in [-0.39, 0.29) is 0 Å². The van der Waals surface area contributed by atoms with E-state index in [4.69, 9.17) is 0 Å². The van der Waals surface area contributed by atoms with E-state index in [2.05, 4.69) is 50.3 Å². The van der Waals surface area contributed by atoms with Crippen molar-refractivity contribution >= 4 is 11.3 Å². The number of nitrogens with one attached hydrogen (secondary N) is 1. The molecule has 0 bridgehead atoms. The maximum absolute atomic E-state index is 3.86. The van der Waals surface area contributed by atoms with Gasteiger partial charge in [-0.2, -0.15) is 0 Å².